The number of aromatic nitrogens is 2. The SMILES string of the molecule is CCCC(C(=O)NC=O)N1Cc2cc(C#CCCOCCNC3CCC(NC(=O)N4CCN(c5ccc(Nc6ncc(C#N)c(Nc7ccccc7C=O)n6)cc5)CC4)CC3)ccc2C1=O. The van der Waals surface area contributed by atoms with Gasteiger partial charge in [-0.15, -0.1) is 0 Å². The zero-order valence-electron chi connectivity index (χ0n) is 37.1. The lowest BCUT2D eigenvalue weighted by atomic mass is 9.91. The van der Waals surface area contributed by atoms with Crippen LogP contribution in [-0.4, -0.2) is 114 Å². The number of aldehydes is 1. The van der Waals surface area contributed by atoms with Crippen LogP contribution in [0.25, 0.3) is 0 Å². The lowest BCUT2D eigenvalue weighted by Crippen LogP contribution is -2.54. The van der Waals surface area contributed by atoms with Crippen LogP contribution in [0.5, 0.6) is 0 Å². The second-order valence-corrected chi connectivity index (χ2v) is 16.4. The minimum absolute atomic E-state index is 0.00985. The molecule has 342 valence electrons. The summed E-state index contributed by atoms with van der Waals surface area (Å²) in [5.74, 6) is 6.21. The summed E-state index contributed by atoms with van der Waals surface area (Å²) in [6.45, 7) is 6.73. The number of hydrogen-bond donors (Lipinski definition) is 5. The molecule has 3 aliphatic rings. The minimum Gasteiger partial charge on any atom is -0.379 e. The van der Waals surface area contributed by atoms with E-state index in [1.165, 1.54) is 11.1 Å². The fraction of sp³-hybridized carbons (Fsp3) is 0.388. The topological polar surface area (TPSA) is 214 Å². The predicted molar refractivity (Wildman–Crippen MR) is 249 cm³/mol. The number of urea groups is 1. The van der Waals surface area contributed by atoms with Crippen molar-refractivity contribution in [3.05, 3.63) is 101 Å². The van der Waals surface area contributed by atoms with Gasteiger partial charge in [-0.3, -0.25) is 24.5 Å². The highest BCUT2D eigenvalue weighted by molar-refractivity contribution is 6.02. The van der Waals surface area contributed by atoms with Crippen molar-refractivity contribution in [1.82, 2.24) is 35.7 Å². The molecular weight excluding hydrogens is 839 g/mol. The van der Waals surface area contributed by atoms with E-state index in [0.29, 0.717) is 100 Å². The van der Waals surface area contributed by atoms with E-state index in [1.54, 1.807) is 30.3 Å². The Hall–Kier alpha value is -7.34. The zero-order valence-corrected chi connectivity index (χ0v) is 37.1. The molecule has 0 spiro atoms. The van der Waals surface area contributed by atoms with Crippen LogP contribution in [0.4, 0.5) is 33.6 Å². The van der Waals surface area contributed by atoms with Gasteiger partial charge < -0.3 is 40.7 Å². The molecule has 2 fully saturated rings. The Balaban J connectivity index is 0.756. The molecule has 7 rings (SSSR count). The summed E-state index contributed by atoms with van der Waals surface area (Å²) < 4.78 is 5.82. The Labute approximate surface area is 384 Å². The molecule has 0 radical (unpaired) electrons. The lowest BCUT2D eigenvalue weighted by Gasteiger charge is -2.37. The average molecular weight is 894 g/mol. The first-order valence-electron chi connectivity index (χ1n) is 22.5. The van der Waals surface area contributed by atoms with Gasteiger partial charge in [-0.25, -0.2) is 9.78 Å². The quantitative estimate of drug-likeness (QED) is 0.0492. The predicted octanol–water partition coefficient (Wildman–Crippen LogP) is 5.24. The number of amides is 5. The van der Waals surface area contributed by atoms with Crippen LogP contribution in [-0.2, 0) is 20.9 Å². The van der Waals surface area contributed by atoms with Crippen LogP contribution >= 0.6 is 0 Å². The molecule has 1 aliphatic carbocycles. The maximum absolute atomic E-state index is 13.2. The number of fused-ring (bicyclic) bond motifs is 1. The van der Waals surface area contributed by atoms with Crippen molar-refractivity contribution < 1.29 is 28.7 Å². The van der Waals surface area contributed by atoms with Gasteiger partial charge in [0, 0.05) is 85.8 Å². The second-order valence-electron chi connectivity index (χ2n) is 16.4. The van der Waals surface area contributed by atoms with Gasteiger partial charge in [0.2, 0.25) is 18.3 Å². The second kappa shape index (κ2) is 23.0. The number of anilines is 5. The largest absolute Gasteiger partial charge is 0.379 e. The Kier molecular flexibility index (Phi) is 16.3. The van der Waals surface area contributed by atoms with Gasteiger partial charge in [0.15, 0.2) is 12.1 Å². The van der Waals surface area contributed by atoms with Crippen molar-refractivity contribution in [2.45, 2.75) is 76.5 Å². The molecule has 1 saturated heterocycles. The number of piperazine rings is 1. The fourth-order valence-corrected chi connectivity index (χ4v) is 8.47. The smallest absolute Gasteiger partial charge is 0.317 e. The van der Waals surface area contributed by atoms with Gasteiger partial charge in [-0.2, -0.15) is 10.2 Å². The molecule has 4 aromatic rings. The fourth-order valence-electron chi connectivity index (χ4n) is 8.47. The zero-order chi connectivity index (χ0) is 46.3. The Morgan fingerprint density at radius 3 is 2.47 bits per heavy atom. The van der Waals surface area contributed by atoms with E-state index < -0.39 is 11.9 Å². The van der Waals surface area contributed by atoms with Crippen molar-refractivity contribution in [1.29, 1.82) is 5.26 Å². The van der Waals surface area contributed by atoms with E-state index in [0.717, 1.165) is 61.0 Å². The maximum atomic E-state index is 13.2. The molecule has 1 aromatic heterocycles. The summed E-state index contributed by atoms with van der Waals surface area (Å²) in [6, 6.07) is 22.3. The van der Waals surface area contributed by atoms with Gasteiger partial charge in [0.1, 0.15) is 17.7 Å². The number of hydrogen-bond acceptors (Lipinski definition) is 13. The highest BCUT2D eigenvalue weighted by Crippen LogP contribution is 2.28. The molecule has 17 heteroatoms. The number of benzene rings is 3. The Bertz CT molecular complexity index is 2470. The van der Waals surface area contributed by atoms with Crippen LogP contribution < -0.4 is 31.5 Å². The number of carbonyl (C=O) groups excluding carboxylic acids is 5. The van der Waals surface area contributed by atoms with Crippen molar-refractivity contribution in [2.24, 2.45) is 0 Å². The van der Waals surface area contributed by atoms with E-state index in [-0.39, 0.29) is 29.4 Å². The summed E-state index contributed by atoms with van der Waals surface area (Å²) in [7, 11) is 0. The molecule has 3 aromatic carbocycles. The van der Waals surface area contributed by atoms with Crippen molar-refractivity contribution in [2.75, 3.05) is 61.5 Å². The number of nitriles is 1. The standard InChI is InChI=1S/C49H55N11O6/c1-2-7-44(46(63)53-33-62)60-31-36-28-34(11-20-42(36)47(60)64)8-5-6-26-66-27-21-51-38-12-14-40(15-13-38)55-49(65)59-24-22-58(23-25-59)41-18-16-39(17-19-41)54-48-52-30-37(29-50)45(57-48)56-43-10-4-3-9-35(43)32-61/h3-4,9-11,16-20,28,30,32-33,38,40,44,51H,2,6-7,12-15,21-27,31H2,1H3,(H,55,65)(H,53,62,63)(H2,52,54,56,57). The molecule has 1 atom stereocenters. The third-order valence-electron chi connectivity index (χ3n) is 12.0. The number of para-hydroxylation sites is 1. The average Bonchev–Trinajstić information content (AvgIpc) is 3.67. The maximum Gasteiger partial charge on any atom is 0.317 e. The first-order chi connectivity index (χ1) is 32.3. The number of imide groups is 1. The van der Waals surface area contributed by atoms with Gasteiger partial charge in [0.05, 0.1) is 25.1 Å². The molecule has 5 amide bonds. The molecule has 17 nitrogen and oxygen atoms in total. The van der Waals surface area contributed by atoms with Crippen molar-refractivity contribution >= 4 is 59.4 Å². The van der Waals surface area contributed by atoms with Crippen molar-refractivity contribution in [3.63, 3.8) is 0 Å². The number of nitrogens with zero attached hydrogens (tertiary/aromatic N) is 6. The van der Waals surface area contributed by atoms with E-state index in [4.69, 9.17) is 4.74 Å². The van der Waals surface area contributed by atoms with Gasteiger partial charge in [0.25, 0.3) is 5.91 Å². The highest BCUT2D eigenvalue weighted by atomic mass is 16.5. The highest BCUT2D eigenvalue weighted by Gasteiger charge is 2.36. The molecule has 5 N–H and O–H groups in total. The Morgan fingerprint density at radius 1 is 0.955 bits per heavy atom. The number of carbonyl (C=O) groups is 5. The van der Waals surface area contributed by atoms with Crippen LogP contribution in [0.15, 0.2) is 72.9 Å². The number of rotatable bonds is 18. The van der Waals surface area contributed by atoms with Crippen LogP contribution in [0.2, 0.25) is 0 Å². The van der Waals surface area contributed by atoms with E-state index >= 15 is 0 Å². The van der Waals surface area contributed by atoms with E-state index in [1.807, 2.05) is 48.2 Å². The van der Waals surface area contributed by atoms with Gasteiger partial charge in [-0.1, -0.05) is 37.3 Å². The number of nitrogens with one attached hydrogen (secondary N) is 5. The minimum atomic E-state index is -0.698. The van der Waals surface area contributed by atoms with E-state index in [2.05, 4.69) is 59.4 Å². The van der Waals surface area contributed by atoms with Crippen LogP contribution in [0, 0.1) is 23.2 Å². The van der Waals surface area contributed by atoms with Crippen LogP contribution in [0.3, 0.4) is 0 Å². The molecule has 2 aliphatic heterocycles. The van der Waals surface area contributed by atoms with Crippen LogP contribution in [0.1, 0.15) is 89.3 Å². The lowest BCUT2D eigenvalue weighted by molar-refractivity contribution is -0.129. The summed E-state index contributed by atoms with van der Waals surface area (Å²) in [5, 5.41) is 24.9. The monoisotopic (exact) mass is 893 g/mol. The molecule has 3 heterocycles. The normalized spacial score (nSPS) is 17.1. The molecule has 0 bridgehead atoms. The molecule has 66 heavy (non-hydrogen) atoms. The summed E-state index contributed by atoms with van der Waals surface area (Å²) in [5.41, 5.74) is 5.22. The third-order valence-corrected chi connectivity index (χ3v) is 12.0. The van der Waals surface area contributed by atoms with Crippen molar-refractivity contribution in [3.8, 4) is 17.9 Å². The first kappa shape index (κ1) is 46.6. The summed E-state index contributed by atoms with van der Waals surface area (Å²) in [4.78, 5) is 75.5. The molecule has 1 saturated carbocycles. The third kappa shape index (κ3) is 12.1. The first-order valence-corrected chi connectivity index (χ1v) is 22.5. The molecular formula is C49H55N11O6. The van der Waals surface area contributed by atoms with Gasteiger partial charge in [-0.05, 0) is 92.3 Å². The summed E-state index contributed by atoms with van der Waals surface area (Å²) >= 11 is 0. The Morgan fingerprint density at radius 2 is 1.73 bits per heavy atom. The van der Waals surface area contributed by atoms with Gasteiger partial charge >= 0.3 is 6.03 Å². The molecule has 1 unspecified atom stereocenters. The van der Waals surface area contributed by atoms with E-state index in [9.17, 15) is 29.2 Å². The summed E-state index contributed by atoms with van der Waals surface area (Å²) in [6.07, 6.45) is 8.06. The number of ether oxygens (including phenoxy) is 1.